The molecule has 0 aliphatic rings. The minimum absolute atomic E-state index is 0.0113. The predicted molar refractivity (Wildman–Crippen MR) is 103 cm³/mol. The van der Waals surface area contributed by atoms with E-state index in [1.54, 1.807) is 20.8 Å². The van der Waals surface area contributed by atoms with Gasteiger partial charge in [0.15, 0.2) is 6.04 Å². The average molecular weight is 412 g/mol. The topological polar surface area (TPSA) is 94.2 Å². The number of esters is 1. The molecule has 2 atom stereocenters. The summed E-state index contributed by atoms with van der Waals surface area (Å²) in [5.41, 5.74) is -0.139. The van der Waals surface area contributed by atoms with Crippen molar-refractivity contribution in [1.82, 2.24) is 10.2 Å². The molecule has 0 heterocycles. The number of amides is 2. The maximum Gasteiger partial charge on any atom is 0.408 e. The summed E-state index contributed by atoms with van der Waals surface area (Å²) >= 11 is 0. The highest BCUT2D eigenvalue weighted by Crippen LogP contribution is 2.14. The van der Waals surface area contributed by atoms with Gasteiger partial charge in [0.25, 0.3) is 0 Å². The van der Waals surface area contributed by atoms with Gasteiger partial charge in [-0.3, -0.25) is 4.79 Å². The van der Waals surface area contributed by atoms with Crippen molar-refractivity contribution >= 4 is 18.0 Å². The van der Waals surface area contributed by atoms with Gasteiger partial charge >= 0.3 is 12.1 Å². The lowest BCUT2D eigenvalue weighted by molar-refractivity contribution is -0.156. The van der Waals surface area contributed by atoms with Gasteiger partial charge in [-0.25, -0.2) is 14.0 Å². The molecule has 0 aliphatic heterocycles. The van der Waals surface area contributed by atoms with Crippen molar-refractivity contribution in [2.75, 3.05) is 20.8 Å². The minimum Gasteiger partial charge on any atom is -0.467 e. The van der Waals surface area contributed by atoms with Crippen LogP contribution in [0, 0.1) is 5.82 Å². The number of ether oxygens (including phenoxy) is 3. The molecule has 2 amide bonds. The van der Waals surface area contributed by atoms with Gasteiger partial charge in [0.2, 0.25) is 5.91 Å². The second-order valence-electron chi connectivity index (χ2n) is 7.45. The number of hydrogen-bond acceptors (Lipinski definition) is 6. The van der Waals surface area contributed by atoms with E-state index in [4.69, 9.17) is 14.2 Å². The second-order valence-corrected chi connectivity index (χ2v) is 7.45. The van der Waals surface area contributed by atoms with Crippen molar-refractivity contribution in [2.45, 2.75) is 51.9 Å². The van der Waals surface area contributed by atoms with Gasteiger partial charge in [0.05, 0.1) is 13.7 Å². The number of nitrogens with zero attached hydrogens (tertiary/aromatic N) is 1. The number of alkyl carbamates (subject to hydrolysis) is 1. The van der Waals surface area contributed by atoms with E-state index in [1.165, 1.54) is 50.3 Å². The van der Waals surface area contributed by atoms with E-state index < -0.39 is 41.5 Å². The molecule has 0 aromatic heterocycles. The van der Waals surface area contributed by atoms with Gasteiger partial charge in [-0.2, -0.15) is 0 Å². The molecular weight excluding hydrogens is 383 g/mol. The molecule has 9 heteroatoms. The van der Waals surface area contributed by atoms with Crippen LogP contribution >= 0.6 is 0 Å². The van der Waals surface area contributed by atoms with Gasteiger partial charge < -0.3 is 24.4 Å². The van der Waals surface area contributed by atoms with Crippen LogP contribution in [-0.2, 0) is 30.3 Å². The molecule has 0 aliphatic carbocycles. The predicted octanol–water partition coefficient (Wildman–Crippen LogP) is 2.26. The quantitative estimate of drug-likeness (QED) is 0.658. The number of benzene rings is 1. The molecule has 29 heavy (non-hydrogen) atoms. The zero-order valence-corrected chi connectivity index (χ0v) is 17.7. The zero-order chi connectivity index (χ0) is 22.2. The fraction of sp³-hybridized carbons (Fsp3) is 0.550. The summed E-state index contributed by atoms with van der Waals surface area (Å²) in [4.78, 5) is 38.6. The third kappa shape index (κ3) is 8.06. The van der Waals surface area contributed by atoms with Crippen molar-refractivity contribution in [1.29, 1.82) is 0 Å². The largest absolute Gasteiger partial charge is 0.467 e. The molecule has 0 saturated carbocycles. The molecule has 8 nitrogen and oxygen atoms in total. The number of halogens is 1. The van der Waals surface area contributed by atoms with Crippen molar-refractivity contribution in [3.05, 3.63) is 35.6 Å². The Hall–Kier alpha value is -2.68. The summed E-state index contributed by atoms with van der Waals surface area (Å²) in [5.74, 6) is -1.65. The molecule has 1 N–H and O–H groups in total. The van der Waals surface area contributed by atoms with Crippen molar-refractivity contribution < 1.29 is 33.0 Å². The summed E-state index contributed by atoms with van der Waals surface area (Å²) in [5, 5.41) is 2.46. The van der Waals surface area contributed by atoms with Crippen LogP contribution in [0.2, 0.25) is 0 Å². The highest BCUT2D eigenvalue weighted by Gasteiger charge is 2.34. The first-order valence-corrected chi connectivity index (χ1v) is 9.09. The van der Waals surface area contributed by atoms with Crippen LogP contribution in [0.25, 0.3) is 0 Å². The molecule has 1 rings (SSSR count). The first-order chi connectivity index (χ1) is 13.5. The lowest BCUT2D eigenvalue weighted by Crippen LogP contribution is -2.54. The van der Waals surface area contributed by atoms with Crippen LogP contribution in [0.5, 0.6) is 0 Å². The molecule has 0 saturated heterocycles. The maximum atomic E-state index is 13.2. The van der Waals surface area contributed by atoms with Crippen LogP contribution in [0.15, 0.2) is 24.3 Å². The summed E-state index contributed by atoms with van der Waals surface area (Å²) in [7, 11) is 2.59. The Morgan fingerprint density at radius 2 is 1.72 bits per heavy atom. The second kappa shape index (κ2) is 10.8. The average Bonchev–Trinajstić information content (AvgIpc) is 2.63. The van der Waals surface area contributed by atoms with Crippen LogP contribution < -0.4 is 5.32 Å². The number of rotatable bonds is 8. The van der Waals surface area contributed by atoms with Crippen LogP contribution in [0.3, 0.4) is 0 Å². The third-order valence-electron chi connectivity index (χ3n) is 3.83. The van der Waals surface area contributed by atoms with Crippen LogP contribution in [0.4, 0.5) is 9.18 Å². The number of hydrogen-bond donors (Lipinski definition) is 1. The Labute approximate surface area is 170 Å². The van der Waals surface area contributed by atoms with Crippen molar-refractivity contribution in [3.8, 4) is 0 Å². The lowest BCUT2D eigenvalue weighted by atomic mass is 10.1. The first kappa shape index (κ1) is 24.4. The number of nitrogens with one attached hydrogen (secondary N) is 1. The summed E-state index contributed by atoms with van der Waals surface area (Å²) in [6, 6.07) is 3.47. The minimum atomic E-state index is -1.05. The van der Waals surface area contributed by atoms with E-state index in [0.29, 0.717) is 5.56 Å². The van der Waals surface area contributed by atoms with Crippen molar-refractivity contribution in [3.63, 3.8) is 0 Å². The fourth-order valence-electron chi connectivity index (χ4n) is 2.50. The molecular formula is C20H29FN2O6. The molecule has 0 bridgehead atoms. The normalized spacial score (nSPS) is 13.2. The molecule has 2 unspecified atom stereocenters. The van der Waals surface area contributed by atoms with E-state index in [2.05, 4.69) is 5.32 Å². The van der Waals surface area contributed by atoms with Crippen molar-refractivity contribution in [2.24, 2.45) is 0 Å². The van der Waals surface area contributed by atoms with E-state index in [-0.39, 0.29) is 13.2 Å². The maximum absolute atomic E-state index is 13.2. The third-order valence-corrected chi connectivity index (χ3v) is 3.83. The molecule has 0 spiro atoms. The fourth-order valence-corrected chi connectivity index (χ4v) is 2.50. The van der Waals surface area contributed by atoms with Crippen LogP contribution in [-0.4, -0.2) is 61.4 Å². The molecule has 0 fully saturated rings. The van der Waals surface area contributed by atoms with Crippen LogP contribution in [0.1, 0.15) is 33.3 Å². The Bertz CT molecular complexity index is 702. The molecule has 1 aromatic carbocycles. The number of methoxy groups -OCH3 is 2. The Kier molecular flexibility index (Phi) is 9.03. The SMILES string of the molecule is COCC(C(=O)OC)N(Cc1ccc(F)cc1)C(=O)C(C)NC(=O)OC(C)(C)C. The van der Waals surface area contributed by atoms with E-state index >= 15 is 0 Å². The van der Waals surface area contributed by atoms with E-state index in [1.807, 2.05) is 0 Å². The number of carbonyl (C=O) groups is 3. The molecule has 1 aromatic rings. The monoisotopic (exact) mass is 412 g/mol. The molecule has 0 radical (unpaired) electrons. The summed E-state index contributed by atoms with van der Waals surface area (Å²) in [6.45, 7) is 6.45. The Morgan fingerprint density at radius 1 is 1.14 bits per heavy atom. The highest BCUT2D eigenvalue weighted by molar-refractivity contribution is 5.89. The zero-order valence-electron chi connectivity index (χ0n) is 17.7. The van der Waals surface area contributed by atoms with E-state index in [9.17, 15) is 18.8 Å². The van der Waals surface area contributed by atoms with E-state index in [0.717, 1.165) is 0 Å². The lowest BCUT2D eigenvalue weighted by Gasteiger charge is -2.32. The molecule has 162 valence electrons. The Balaban J connectivity index is 3.09. The summed E-state index contributed by atoms with van der Waals surface area (Å²) in [6.07, 6.45) is -0.763. The standard InChI is InChI=1S/C20H29FN2O6/c1-13(22-19(26)29-20(2,3)4)17(24)23(16(12-27-5)18(25)28-6)11-14-7-9-15(21)10-8-14/h7-10,13,16H,11-12H2,1-6H3,(H,22,26). The van der Waals surface area contributed by atoms with Gasteiger partial charge in [-0.15, -0.1) is 0 Å². The van der Waals surface area contributed by atoms with Gasteiger partial charge in [-0.05, 0) is 45.4 Å². The highest BCUT2D eigenvalue weighted by atomic mass is 19.1. The first-order valence-electron chi connectivity index (χ1n) is 9.09. The van der Waals surface area contributed by atoms with Gasteiger partial charge in [0, 0.05) is 13.7 Å². The van der Waals surface area contributed by atoms with Gasteiger partial charge in [0.1, 0.15) is 17.5 Å². The number of carbonyl (C=O) groups excluding carboxylic acids is 3. The van der Waals surface area contributed by atoms with Gasteiger partial charge in [-0.1, -0.05) is 12.1 Å². The summed E-state index contributed by atoms with van der Waals surface area (Å²) < 4.78 is 28.3. The Morgan fingerprint density at radius 3 is 2.21 bits per heavy atom. The smallest absolute Gasteiger partial charge is 0.408 e.